The van der Waals surface area contributed by atoms with E-state index in [9.17, 15) is 4.79 Å². The fraction of sp³-hybridized carbons (Fsp3) is 0.750. The van der Waals surface area contributed by atoms with Gasteiger partial charge in [0.1, 0.15) is 0 Å². The van der Waals surface area contributed by atoms with Gasteiger partial charge in [0.2, 0.25) is 0 Å². The second kappa shape index (κ2) is 3.05. The summed E-state index contributed by atoms with van der Waals surface area (Å²) in [6, 6.07) is 0. The van der Waals surface area contributed by atoms with E-state index in [0.717, 1.165) is 6.92 Å². The molecular formula is C4H8O4S. The molecule has 4 nitrogen and oxygen atoms in total. The van der Waals surface area contributed by atoms with Crippen LogP contribution in [-0.4, -0.2) is 27.9 Å². The zero-order valence-electron chi connectivity index (χ0n) is 4.87. The van der Waals surface area contributed by atoms with Crippen LogP contribution in [0.2, 0.25) is 0 Å². The molecule has 0 spiro atoms. The van der Waals surface area contributed by atoms with E-state index in [-0.39, 0.29) is 5.75 Å². The highest BCUT2D eigenvalue weighted by Crippen LogP contribution is 1.99. The third kappa shape index (κ3) is 5.61. The fourth-order valence-electron chi connectivity index (χ4n) is 0.248. The number of thiol groups is 1. The number of carbonyl (C=O) groups excluding carboxylic acids is 1. The Hall–Kier alpha value is -0.260. The predicted molar refractivity (Wildman–Crippen MR) is 32.8 cm³/mol. The molecule has 5 heteroatoms. The van der Waals surface area contributed by atoms with Crippen LogP contribution >= 0.6 is 12.6 Å². The van der Waals surface area contributed by atoms with E-state index in [1.807, 2.05) is 0 Å². The molecule has 0 atom stereocenters. The Labute approximate surface area is 57.9 Å². The number of hydrogen-bond acceptors (Lipinski definition) is 5. The molecule has 9 heavy (non-hydrogen) atoms. The van der Waals surface area contributed by atoms with Gasteiger partial charge in [0.25, 0.3) is 0 Å². The molecule has 0 aliphatic rings. The van der Waals surface area contributed by atoms with Crippen molar-refractivity contribution in [1.29, 1.82) is 0 Å². The average molecular weight is 152 g/mol. The second-order valence-corrected chi connectivity index (χ2v) is 1.88. The molecular weight excluding hydrogens is 144 g/mol. The van der Waals surface area contributed by atoms with Crippen molar-refractivity contribution in [2.45, 2.75) is 12.9 Å². The molecule has 0 aromatic heterocycles. The van der Waals surface area contributed by atoms with Crippen LogP contribution in [0.3, 0.4) is 0 Å². The molecule has 0 fully saturated rings. The zero-order valence-corrected chi connectivity index (χ0v) is 5.76. The second-order valence-electron chi connectivity index (χ2n) is 1.57. The minimum Gasteiger partial charge on any atom is -0.408 e. The first-order chi connectivity index (χ1) is 3.95. The average Bonchev–Trinajstić information content (AvgIpc) is 1.62. The summed E-state index contributed by atoms with van der Waals surface area (Å²) in [4.78, 5) is 10.2. The van der Waals surface area contributed by atoms with E-state index < -0.39 is 11.9 Å². The Bertz CT molecular complexity index is 106. The summed E-state index contributed by atoms with van der Waals surface area (Å²) in [6.45, 7) is 0.939. The van der Waals surface area contributed by atoms with E-state index in [2.05, 4.69) is 17.4 Å². The van der Waals surface area contributed by atoms with Gasteiger partial charge < -0.3 is 14.9 Å². The molecule has 0 bridgehead atoms. The highest BCUT2D eigenvalue weighted by Gasteiger charge is 2.19. The minimum absolute atomic E-state index is 0.170. The van der Waals surface area contributed by atoms with Gasteiger partial charge in [-0.2, -0.15) is 12.6 Å². The van der Waals surface area contributed by atoms with Crippen LogP contribution in [0.5, 0.6) is 0 Å². The Morgan fingerprint density at radius 2 is 2.22 bits per heavy atom. The first-order valence-corrected chi connectivity index (χ1v) is 2.86. The third-order valence-corrected chi connectivity index (χ3v) is 0.694. The van der Waals surface area contributed by atoms with E-state index in [4.69, 9.17) is 10.2 Å². The topological polar surface area (TPSA) is 66.8 Å². The van der Waals surface area contributed by atoms with E-state index in [1.54, 1.807) is 0 Å². The lowest BCUT2D eigenvalue weighted by molar-refractivity contribution is -0.305. The summed E-state index contributed by atoms with van der Waals surface area (Å²) in [5.74, 6) is -3.32. The molecule has 0 radical (unpaired) electrons. The number of aliphatic hydroxyl groups is 2. The normalized spacial score (nSPS) is 11.1. The Kier molecular flexibility index (Phi) is 2.96. The quantitative estimate of drug-likeness (QED) is 0.273. The van der Waals surface area contributed by atoms with Crippen molar-refractivity contribution in [3.05, 3.63) is 0 Å². The molecule has 0 aromatic carbocycles. The monoisotopic (exact) mass is 152 g/mol. The molecule has 0 aliphatic heterocycles. The lowest BCUT2D eigenvalue weighted by atomic mass is 10.6. The Morgan fingerprint density at radius 1 is 1.78 bits per heavy atom. The largest absolute Gasteiger partial charge is 0.408 e. The molecule has 0 saturated carbocycles. The number of esters is 1. The van der Waals surface area contributed by atoms with Crippen molar-refractivity contribution in [3.63, 3.8) is 0 Å². The van der Waals surface area contributed by atoms with Gasteiger partial charge in [0.05, 0.1) is 5.75 Å². The van der Waals surface area contributed by atoms with E-state index in [0.29, 0.717) is 0 Å². The van der Waals surface area contributed by atoms with Crippen LogP contribution in [0.15, 0.2) is 0 Å². The maximum Gasteiger partial charge on any atom is 0.321 e. The van der Waals surface area contributed by atoms with Gasteiger partial charge in [-0.1, -0.05) is 0 Å². The lowest BCUT2D eigenvalue weighted by Crippen LogP contribution is -2.31. The summed E-state index contributed by atoms with van der Waals surface area (Å²) in [6.07, 6.45) is 0. The molecule has 2 N–H and O–H groups in total. The van der Waals surface area contributed by atoms with Gasteiger partial charge in [-0.3, -0.25) is 4.79 Å². The summed E-state index contributed by atoms with van der Waals surface area (Å²) >= 11 is 3.53. The molecule has 0 aromatic rings. The highest BCUT2D eigenvalue weighted by atomic mass is 32.1. The molecule has 0 saturated heterocycles. The maximum absolute atomic E-state index is 10.2. The molecule has 0 aliphatic carbocycles. The zero-order chi connectivity index (χ0) is 7.49. The summed E-state index contributed by atoms with van der Waals surface area (Å²) in [5.41, 5.74) is 0. The first kappa shape index (κ1) is 8.74. The standard InChI is InChI=1S/C4H8O4S/c1-4(6,7)8-3(5)2-9/h6-7,9H,2H2,1H3. The van der Waals surface area contributed by atoms with Gasteiger partial charge in [0, 0.05) is 6.92 Å². The maximum atomic E-state index is 10.2. The van der Waals surface area contributed by atoms with Crippen molar-refractivity contribution in [2.75, 3.05) is 5.75 Å². The number of hydrogen-bond donors (Lipinski definition) is 3. The number of carbonyl (C=O) groups is 1. The van der Waals surface area contributed by atoms with Crippen LogP contribution < -0.4 is 0 Å². The van der Waals surface area contributed by atoms with Gasteiger partial charge in [-0.25, -0.2) is 0 Å². The van der Waals surface area contributed by atoms with Crippen LogP contribution in [-0.2, 0) is 9.53 Å². The van der Waals surface area contributed by atoms with Gasteiger partial charge in [-0.05, 0) is 0 Å². The minimum atomic E-state index is -2.38. The van der Waals surface area contributed by atoms with Gasteiger partial charge >= 0.3 is 11.9 Å². The Morgan fingerprint density at radius 3 is 2.33 bits per heavy atom. The van der Waals surface area contributed by atoms with Crippen LogP contribution in [0.4, 0.5) is 0 Å². The van der Waals surface area contributed by atoms with Crippen molar-refractivity contribution < 1.29 is 19.7 Å². The van der Waals surface area contributed by atoms with Crippen LogP contribution in [0.25, 0.3) is 0 Å². The number of rotatable bonds is 2. The molecule has 0 heterocycles. The predicted octanol–water partition coefficient (Wildman–Crippen LogP) is -0.882. The fourth-order valence-corrected chi connectivity index (χ4v) is 0.312. The van der Waals surface area contributed by atoms with Crippen molar-refractivity contribution in [1.82, 2.24) is 0 Å². The van der Waals surface area contributed by atoms with Gasteiger partial charge in [-0.15, -0.1) is 0 Å². The van der Waals surface area contributed by atoms with E-state index in [1.165, 1.54) is 0 Å². The first-order valence-electron chi connectivity index (χ1n) is 2.23. The molecule has 0 amide bonds. The summed E-state index contributed by atoms with van der Waals surface area (Å²) < 4.78 is 3.98. The highest BCUT2D eigenvalue weighted by molar-refractivity contribution is 7.81. The molecule has 54 valence electrons. The summed E-state index contributed by atoms with van der Waals surface area (Å²) in [7, 11) is 0. The van der Waals surface area contributed by atoms with Crippen molar-refractivity contribution >= 4 is 18.6 Å². The van der Waals surface area contributed by atoms with Crippen molar-refractivity contribution in [2.24, 2.45) is 0 Å². The SMILES string of the molecule is CC(O)(O)OC(=O)CS. The number of ether oxygens (including phenoxy) is 1. The smallest absolute Gasteiger partial charge is 0.321 e. The molecule has 0 rings (SSSR count). The molecule has 0 unspecified atom stereocenters. The lowest BCUT2D eigenvalue weighted by Gasteiger charge is -2.14. The van der Waals surface area contributed by atoms with Crippen LogP contribution in [0, 0.1) is 0 Å². The summed E-state index contributed by atoms with van der Waals surface area (Å²) in [5, 5.41) is 16.8. The van der Waals surface area contributed by atoms with Gasteiger partial charge in [0.15, 0.2) is 0 Å². The van der Waals surface area contributed by atoms with E-state index >= 15 is 0 Å². The third-order valence-electron chi connectivity index (χ3n) is 0.436. The van der Waals surface area contributed by atoms with Crippen LogP contribution in [0.1, 0.15) is 6.92 Å². The Balaban J connectivity index is 3.60. The van der Waals surface area contributed by atoms with Crippen molar-refractivity contribution in [3.8, 4) is 0 Å².